The van der Waals surface area contributed by atoms with E-state index in [4.69, 9.17) is 10.00 Å². The summed E-state index contributed by atoms with van der Waals surface area (Å²) in [6.07, 6.45) is -0.102. The van der Waals surface area contributed by atoms with Crippen LogP contribution in [0, 0.1) is 11.3 Å². The highest BCUT2D eigenvalue weighted by atomic mass is 16.6. The molecule has 0 aliphatic rings. The van der Waals surface area contributed by atoms with Gasteiger partial charge < -0.3 is 14.5 Å². The quantitative estimate of drug-likeness (QED) is 0.815. The molecule has 0 atom stereocenters. The summed E-state index contributed by atoms with van der Waals surface area (Å²) < 4.78 is 5.15. The lowest BCUT2D eigenvalue weighted by Gasteiger charge is -2.16. The molecule has 5 heteroatoms. The minimum absolute atomic E-state index is 0.240. The van der Waals surface area contributed by atoms with Crippen LogP contribution in [0.15, 0.2) is 24.3 Å². The van der Waals surface area contributed by atoms with Gasteiger partial charge in [0.25, 0.3) is 0 Å². The first kappa shape index (κ1) is 14.8. The highest BCUT2D eigenvalue weighted by Crippen LogP contribution is 2.13. The first-order chi connectivity index (χ1) is 9.04. The lowest BCUT2D eigenvalue weighted by molar-refractivity contribution is 0.105. The molecule has 0 aliphatic heterocycles. The number of carbonyl (C=O) groups is 1. The molecule has 0 aliphatic carbocycles. The monoisotopic (exact) mass is 261 g/mol. The van der Waals surface area contributed by atoms with Crippen molar-refractivity contribution in [3.05, 3.63) is 29.8 Å². The lowest BCUT2D eigenvalue weighted by Crippen LogP contribution is -2.28. The Kier molecular flexibility index (Phi) is 5.68. The van der Waals surface area contributed by atoms with Crippen LogP contribution in [0.2, 0.25) is 0 Å². The molecular formula is C14H19N3O2. The fourth-order valence-electron chi connectivity index (χ4n) is 1.45. The van der Waals surface area contributed by atoms with E-state index in [9.17, 15) is 4.79 Å². The van der Waals surface area contributed by atoms with Gasteiger partial charge in [0, 0.05) is 33.4 Å². The van der Waals surface area contributed by atoms with Crippen LogP contribution < -0.4 is 4.90 Å². The predicted molar refractivity (Wildman–Crippen MR) is 73.8 cm³/mol. The van der Waals surface area contributed by atoms with Crippen molar-refractivity contribution < 1.29 is 9.53 Å². The molecule has 0 aromatic heterocycles. The fraction of sp³-hybridized carbons (Fsp3) is 0.429. The maximum absolute atomic E-state index is 11.6. The number of rotatable bonds is 5. The van der Waals surface area contributed by atoms with Gasteiger partial charge in [0.1, 0.15) is 6.61 Å². The fourth-order valence-corrected chi connectivity index (χ4v) is 1.45. The van der Waals surface area contributed by atoms with Gasteiger partial charge in [-0.15, -0.1) is 0 Å². The highest BCUT2D eigenvalue weighted by Gasteiger charge is 2.09. The van der Waals surface area contributed by atoms with E-state index in [-0.39, 0.29) is 6.61 Å². The third kappa shape index (κ3) is 4.88. The molecule has 0 unspecified atom stereocenters. The molecule has 19 heavy (non-hydrogen) atoms. The third-order valence-corrected chi connectivity index (χ3v) is 2.69. The second-order valence-corrected chi connectivity index (χ2v) is 4.45. The Bertz CT molecular complexity index is 449. The zero-order chi connectivity index (χ0) is 14.3. The number of nitriles is 1. The van der Waals surface area contributed by atoms with Crippen molar-refractivity contribution in [2.45, 2.75) is 13.0 Å². The SMILES string of the molecule is CN(CCC#N)C(=O)OCc1ccc(N(C)C)cc1. The Hall–Kier alpha value is -2.22. The summed E-state index contributed by atoms with van der Waals surface area (Å²) >= 11 is 0. The summed E-state index contributed by atoms with van der Waals surface area (Å²) in [5.41, 5.74) is 2.04. The molecule has 0 bridgehead atoms. The van der Waals surface area contributed by atoms with Gasteiger partial charge in [-0.05, 0) is 17.7 Å². The first-order valence-corrected chi connectivity index (χ1v) is 6.05. The Morgan fingerprint density at radius 1 is 1.26 bits per heavy atom. The van der Waals surface area contributed by atoms with E-state index in [1.807, 2.05) is 49.3 Å². The van der Waals surface area contributed by atoms with Crippen molar-refractivity contribution in [1.29, 1.82) is 5.26 Å². The minimum atomic E-state index is -0.410. The van der Waals surface area contributed by atoms with Crippen LogP contribution in [-0.4, -0.2) is 38.7 Å². The topological polar surface area (TPSA) is 56.6 Å². The van der Waals surface area contributed by atoms with Crippen LogP contribution >= 0.6 is 0 Å². The third-order valence-electron chi connectivity index (χ3n) is 2.69. The van der Waals surface area contributed by atoms with E-state index in [1.54, 1.807) is 7.05 Å². The second kappa shape index (κ2) is 7.27. The molecule has 0 saturated carbocycles. The van der Waals surface area contributed by atoms with Crippen molar-refractivity contribution in [3.8, 4) is 6.07 Å². The second-order valence-electron chi connectivity index (χ2n) is 4.45. The Balaban J connectivity index is 2.44. The van der Waals surface area contributed by atoms with Crippen LogP contribution in [0.1, 0.15) is 12.0 Å². The molecule has 1 amide bonds. The van der Waals surface area contributed by atoms with Gasteiger partial charge in [-0.1, -0.05) is 12.1 Å². The van der Waals surface area contributed by atoms with E-state index in [1.165, 1.54) is 4.90 Å². The van der Waals surface area contributed by atoms with Gasteiger partial charge in [-0.3, -0.25) is 0 Å². The zero-order valence-corrected chi connectivity index (χ0v) is 11.6. The van der Waals surface area contributed by atoms with Gasteiger partial charge in [0.15, 0.2) is 0 Å². The number of hydrogen-bond acceptors (Lipinski definition) is 4. The van der Waals surface area contributed by atoms with E-state index in [0.717, 1.165) is 11.3 Å². The van der Waals surface area contributed by atoms with Crippen LogP contribution in [0.4, 0.5) is 10.5 Å². The Morgan fingerprint density at radius 3 is 2.42 bits per heavy atom. The van der Waals surface area contributed by atoms with Gasteiger partial charge >= 0.3 is 6.09 Å². The molecule has 0 N–H and O–H groups in total. The van der Waals surface area contributed by atoms with Crippen LogP contribution in [0.3, 0.4) is 0 Å². The van der Waals surface area contributed by atoms with E-state index >= 15 is 0 Å². The molecule has 102 valence electrons. The van der Waals surface area contributed by atoms with Gasteiger partial charge in [0.2, 0.25) is 0 Å². The van der Waals surface area contributed by atoms with Crippen molar-refractivity contribution in [2.24, 2.45) is 0 Å². The number of amides is 1. The first-order valence-electron chi connectivity index (χ1n) is 6.05. The number of benzene rings is 1. The number of nitrogens with zero attached hydrogens (tertiary/aromatic N) is 3. The normalized spacial score (nSPS) is 9.58. The molecule has 1 aromatic rings. The lowest BCUT2D eigenvalue weighted by atomic mass is 10.2. The average Bonchev–Trinajstić information content (AvgIpc) is 2.42. The summed E-state index contributed by atoms with van der Waals surface area (Å²) in [7, 11) is 5.56. The van der Waals surface area contributed by atoms with Crippen LogP contribution in [0.5, 0.6) is 0 Å². The molecular weight excluding hydrogens is 242 g/mol. The molecule has 0 radical (unpaired) electrons. The summed E-state index contributed by atoms with van der Waals surface area (Å²) in [6, 6.07) is 9.80. The summed E-state index contributed by atoms with van der Waals surface area (Å²) in [5.74, 6) is 0. The van der Waals surface area contributed by atoms with E-state index in [2.05, 4.69) is 0 Å². The van der Waals surface area contributed by atoms with Crippen LogP contribution in [-0.2, 0) is 11.3 Å². The van der Waals surface area contributed by atoms with Gasteiger partial charge in [0.05, 0.1) is 12.5 Å². The summed E-state index contributed by atoms with van der Waals surface area (Å²) in [4.78, 5) is 15.0. The summed E-state index contributed by atoms with van der Waals surface area (Å²) in [6.45, 7) is 0.623. The Morgan fingerprint density at radius 2 is 1.89 bits per heavy atom. The molecule has 5 nitrogen and oxygen atoms in total. The standard InChI is InChI=1S/C14H19N3O2/c1-16(2)13-7-5-12(6-8-13)11-19-14(18)17(3)10-4-9-15/h5-8H,4,10-11H2,1-3H3. The van der Waals surface area contributed by atoms with E-state index in [0.29, 0.717) is 13.0 Å². The summed E-state index contributed by atoms with van der Waals surface area (Å²) in [5, 5.41) is 8.44. The van der Waals surface area contributed by atoms with E-state index < -0.39 is 6.09 Å². The molecule has 1 aromatic carbocycles. The number of hydrogen-bond donors (Lipinski definition) is 0. The van der Waals surface area contributed by atoms with Gasteiger partial charge in [-0.2, -0.15) is 5.26 Å². The maximum atomic E-state index is 11.6. The smallest absolute Gasteiger partial charge is 0.409 e. The molecule has 1 rings (SSSR count). The minimum Gasteiger partial charge on any atom is -0.445 e. The molecule has 0 fully saturated rings. The van der Waals surface area contributed by atoms with Crippen molar-refractivity contribution in [2.75, 3.05) is 32.6 Å². The number of anilines is 1. The largest absolute Gasteiger partial charge is 0.445 e. The van der Waals surface area contributed by atoms with Crippen molar-refractivity contribution in [1.82, 2.24) is 4.90 Å². The van der Waals surface area contributed by atoms with Crippen molar-refractivity contribution in [3.63, 3.8) is 0 Å². The Labute approximate surface area is 114 Å². The predicted octanol–water partition coefficient (Wildman–Crippen LogP) is 2.23. The van der Waals surface area contributed by atoms with Crippen LogP contribution in [0.25, 0.3) is 0 Å². The average molecular weight is 261 g/mol. The number of carbonyl (C=O) groups excluding carboxylic acids is 1. The highest BCUT2D eigenvalue weighted by molar-refractivity contribution is 5.67. The zero-order valence-electron chi connectivity index (χ0n) is 11.6. The van der Waals surface area contributed by atoms with Crippen molar-refractivity contribution >= 4 is 11.8 Å². The molecule has 0 heterocycles. The molecule has 0 spiro atoms. The van der Waals surface area contributed by atoms with Gasteiger partial charge in [-0.25, -0.2) is 4.79 Å². The number of ether oxygens (including phenoxy) is 1. The maximum Gasteiger partial charge on any atom is 0.409 e. The molecule has 0 saturated heterocycles.